The van der Waals surface area contributed by atoms with Gasteiger partial charge in [-0.25, -0.2) is 0 Å². The number of carbonyl (C=O) groups is 1. The maximum absolute atomic E-state index is 11.7. The van der Waals surface area contributed by atoms with Crippen LogP contribution in [0, 0.1) is 6.92 Å². The van der Waals surface area contributed by atoms with E-state index in [1.807, 2.05) is 31.2 Å². The molecule has 1 amide bonds. The molecule has 1 aromatic heterocycles. The van der Waals surface area contributed by atoms with Gasteiger partial charge in [0.1, 0.15) is 0 Å². The van der Waals surface area contributed by atoms with E-state index in [-0.39, 0.29) is 5.91 Å². The maximum atomic E-state index is 11.7. The molecule has 0 bridgehead atoms. The monoisotopic (exact) mass is 336 g/mol. The Bertz CT molecular complexity index is 565. The number of benzene rings is 1. The second-order valence-corrected chi connectivity index (χ2v) is 5.42. The SMILES string of the molecule is Cc1[nH]ncc1CNCCC(=O)Nc1ccc(Br)cc1. The number of hydrogen-bond acceptors (Lipinski definition) is 3. The summed E-state index contributed by atoms with van der Waals surface area (Å²) in [5.41, 5.74) is 2.99. The minimum atomic E-state index is 0.00346. The molecular weight excluding hydrogens is 320 g/mol. The molecule has 0 radical (unpaired) electrons. The van der Waals surface area contributed by atoms with Crippen molar-refractivity contribution in [2.75, 3.05) is 11.9 Å². The van der Waals surface area contributed by atoms with Crippen LogP contribution in [-0.4, -0.2) is 22.6 Å². The number of carbonyl (C=O) groups excluding carboxylic acids is 1. The van der Waals surface area contributed by atoms with E-state index in [9.17, 15) is 4.79 Å². The standard InChI is InChI=1S/C14H17BrN4O/c1-10-11(9-17-19-10)8-16-7-6-14(20)18-13-4-2-12(15)3-5-13/h2-5,9,16H,6-8H2,1H3,(H,17,19)(H,18,20). The van der Waals surface area contributed by atoms with Crippen LogP contribution in [0.15, 0.2) is 34.9 Å². The molecule has 0 aliphatic heterocycles. The second kappa shape index (κ2) is 7.21. The number of nitrogens with zero attached hydrogens (tertiary/aromatic N) is 1. The van der Waals surface area contributed by atoms with Crippen LogP contribution < -0.4 is 10.6 Å². The molecule has 0 saturated heterocycles. The molecule has 2 rings (SSSR count). The van der Waals surface area contributed by atoms with E-state index in [2.05, 4.69) is 36.8 Å². The van der Waals surface area contributed by atoms with E-state index in [0.717, 1.165) is 21.4 Å². The van der Waals surface area contributed by atoms with E-state index in [1.54, 1.807) is 6.20 Å². The van der Waals surface area contributed by atoms with Gasteiger partial charge in [0.25, 0.3) is 0 Å². The van der Waals surface area contributed by atoms with Crippen LogP contribution in [0.5, 0.6) is 0 Å². The average Bonchev–Trinajstić information content (AvgIpc) is 2.83. The van der Waals surface area contributed by atoms with Gasteiger partial charge in [0, 0.05) is 40.9 Å². The van der Waals surface area contributed by atoms with Crippen LogP contribution in [0.1, 0.15) is 17.7 Å². The third-order valence-corrected chi connectivity index (χ3v) is 3.44. The van der Waals surface area contributed by atoms with Gasteiger partial charge in [0.05, 0.1) is 6.20 Å². The number of rotatable bonds is 6. The molecule has 0 atom stereocenters. The van der Waals surface area contributed by atoms with Crippen LogP contribution in [0.2, 0.25) is 0 Å². The highest BCUT2D eigenvalue weighted by molar-refractivity contribution is 9.10. The van der Waals surface area contributed by atoms with Crippen LogP contribution in [0.4, 0.5) is 5.69 Å². The Morgan fingerprint density at radius 2 is 2.10 bits per heavy atom. The number of aromatic amines is 1. The average molecular weight is 337 g/mol. The molecule has 0 spiro atoms. The lowest BCUT2D eigenvalue weighted by molar-refractivity contribution is -0.116. The molecule has 0 fully saturated rings. The van der Waals surface area contributed by atoms with E-state index < -0.39 is 0 Å². The second-order valence-electron chi connectivity index (χ2n) is 4.50. The lowest BCUT2D eigenvalue weighted by atomic mass is 10.2. The lowest BCUT2D eigenvalue weighted by Crippen LogP contribution is -2.21. The van der Waals surface area contributed by atoms with E-state index >= 15 is 0 Å². The summed E-state index contributed by atoms with van der Waals surface area (Å²) in [6.45, 7) is 3.32. The fourth-order valence-electron chi connectivity index (χ4n) is 1.74. The van der Waals surface area contributed by atoms with Gasteiger partial charge < -0.3 is 10.6 Å². The van der Waals surface area contributed by atoms with E-state index in [1.165, 1.54) is 0 Å². The first-order chi connectivity index (χ1) is 9.65. The Balaban J connectivity index is 1.68. The normalized spacial score (nSPS) is 10.5. The molecule has 20 heavy (non-hydrogen) atoms. The van der Waals surface area contributed by atoms with Crippen molar-refractivity contribution in [2.45, 2.75) is 19.9 Å². The molecule has 0 unspecified atom stereocenters. The number of H-pyrrole nitrogens is 1. The number of halogens is 1. The highest BCUT2D eigenvalue weighted by Crippen LogP contribution is 2.14. The third-order valence-electron chi connectivity index (χ3n) is 2.91. The lowest BCUT2D eigenvalue weighted by Gasteiger charge is -2.06. The zero-order chi connectivity index (χ0) is 14.4. The molecule has 2 aromatic rings. The predicted molar refractivity (Wildman–Crippen MR) is 82.4 cm³/mol. The summed E-state index contributed by atoms with van der Waals surface area (Å²) in [7, 11) is 0. The van der Waals surface area contributed by atoms with E-state index in [4.69, 9.17) is 0 Å². The summed E-state index contributed by atoms with van der Waals surface area (Å²) < 4.78 is 0.993. The Morgan fingerprint density at radius 3 is 2.75 bits per heavy atom. The Morgan fingerprint density at radius 1 is 1.35 bits per heavy atom. The Labute approximate surface area is 126 Å². The predicted octanol–water partition coefficient (Wildman–Crippen LogP) is 2.60. The summed E-state index contributed by atoms with van der Waals surface area (Å²) in [4.78, 5) is 11.7. The van der Waals surface area contributed by atoms with Crippen LogP contribution in [-0.2, 0) is 11.3 Å². The number of aryl methyl sites for hydroxylation is 1. The molecule has 1 aromatic carbocycles. The van der Waals surface area contributed by atoms with Crippen molar-refractivity contribution in [1.82, 2.24) is 15.5 Å². The summed E-state index contributed by atoms with van der Waals surface area (Å²) in [6, 6.07) is 7.53. The molecule has 0 saturated carbocycles. The third kappa shape index (κ3) is 4.47. The van der Waals surface area contributed by atoms with Gasteiger partial charge in [-0.2, -0.15) is 5.10 Å². The number of anilines is 1. The van der Waals surface area contributed by atoms with Crippen molar-refractivity contribution in [3.63, 3.8) is 0 Å². The minimum Gasteiger partial charge on any atom is -0.326 e. The smallest absolute Gasteiger partial charge is 0.225 e. The zero-order valence-electron chi connectivity index (χ0n) is 11.2. The summed E-state index contributed by atoms with van der Waals surface area (Å²) in [5.74, 6) is 0.00346. The quantitative estimate of drug-likeness (QED) is 0.710. The van der Waals surface area contributed by atoms with Gasteiger partial charge in [-0.1, -0.05) is 15.9 Å². The van der Waals surface area contributed by atoms with Crippen molar-refractivity contribution in [3.05, 3.63) is 46.2 Å². The molecule has 0 aliphatic carbocycles. The topological polar surface area (TPSA) is 69.8 Å². The molecular formula is C14H17BrN4O. The van der Waals surface area contributed by atoms with Gasteiger partial charge in [-0.05, 0) is 31.2 Å². The van der Waals surface area contributed by atoms with Crippen molar-refractivity contribution in [1.29, 1.82) is 0 Å². The molecule has 5 nitrogen and oxygen atoms in total. The molecule has 1 heterocycles. The van der Waals surface area contributed by atoms with Crippen LogP contribution in [0.3, 0.4) is 0 Å². The number of hydrogen-bond donors (Lipinski definition) is 3. The summed E-state index contributed by atoms with van der Waals surface area (Å²) in [5, 5.41) is 12.9. The van der Waals surface area contributed by atoms with Crippen LogP contribution >= 0.6 is 15.9 Å². The van der Waals surface area contributed by atoms with Crippen molar-refractivity contribution >= 4 is 27.5 Å². The maximum Gasteiger partial charge on any atom is 0.225 e. The number of aromatic nitrogens is 2. The fraction of sp³-hybridized carbons (Fsp3) is 0.286. The summed E-state index contributed by atoms with van der Waals surface area (Å²) in [6.07, 6.45) is 2.23. The minimum absolute atomic E-state index is 0.00346. The largest absolute Gasteiger partial charge is 0.326 e. The van der Waals surface area contributed by atoms with Gasteiger partial charge >= 0.3 is 0 Å². The molecule has 106 valence electrons. The van der Waals surface area contributed by atoms with Gasteiger partial charge in [0.15, 0.2) is 0 Å². The Hall–Kier alpha value is -1.66. The first kappa shape index (κ1) is 14.7. The Kier molecular flexibility index (Phi) is 5.31. The first-order valence-corrected chi connectivity index (χ1v) is 7.19. The molecule has 6 heteroatoms. The van der Waals surface area contributed by atoms with Crippen LogP contribution in [0.25, 0.3) is 0 Å². The van der Waals surface area contributed by atoms with E-state index in [0.29, 0.717) is 19.5 Å². The highest BCUT2D eigenvalue weighted by Gasteiger charge is 2.03. The highest BCUT2D eigenvalue weighted by atomic mass is 79.9. The fourth-order valence-corrected chi connectivity index (χ4v) is 2.00. The van der Waals surface area contributed by atoms with Crippen molar-refractivity contribution in [2.24, 2.45) is 0 Å². The number of nitrogens with one attached hydrogen (secondary N) is 3. The van der Waals surface area contributed by atoms with Gasteiger partial charge in [-0.15, -0.1) is 0 Å². The van der Waals surface area contributed by atoms with Crippen molar-refractivity contribution < 1.29 is 4.79 Å². The zero-order valence-corrected chi connectivity index (χ0v) is 12.8. The molecule has 3 N–H and O–H groups in total. The van der Waals surface area contributed by atoms with Gasteiger partial charge in [-0.3, -0.25) is 9.89 Å². The van der Waals surface area contributed by atoms with Gasteiger partial charge in [0.2, 0.25) is 5.91 Å². The molecule has 0 aliphatic rings. The number of amides is 1. The van der Waals surface area contributed by atoms with Crippen molar-refractivity contribution in [3.8, 4) is 0 Å². The first-order valence-electron chi connectivity index (χ1n) is 6.40. The summed E-state index contributed by atoms with van der Waals surface area (Å²) >= 11 is 3.36.